The lowest BCUT2D eigenvalue weighted by molar-refractivity contribution is 0.111. The molecule has 2 nitrogen and oxygen atoms in total. The molecule has 1 saturated carbocycles. The molecule has 1 aliphatic rings. The van der Waals surface area contributed by atoms with Gasteiger partial charge in [-0.05, 0) is 50.2 Å². The lowest BCUT2D eigenvalue weighted by atomic mass is 9.72. The first-order chi connectivity index (χ1) is 8.14. The van der Waals surface area contributed by atoms with Crippen molar-refractivity contribution in [1.82, 2.24) is 0 Å². The van der Waals surface area contributed by atoms with Crippen molar-refractivity contribution in [2.75, 3.05) is 7.11 Å². The van der Waals surface area contributed by atoms with Crippen LogP contribution >= 0.6 is 0 Å². The van der Waals surface area contributed by atoms with E-state index in [1.165, 1.54) is 17.5 Å². The van der Waals surface area contributed by atoms with Crippen molar-refractivity contribution in [3.8, 4) is 0 Å². The Morgan fingerprint density at radius 1 is 1.29 bits per heavy atom. The second kappa shape index (κ2) is 5.19. The Morgan fingerprint density at radius 2 is 1.94 bits per heavy atom. The molecule has 17 heavy (non-hydrogen) atoms. The summed E-state index contributed by atoms with van der Waals surface area (Å²) in [6.07, 6.45) is 6.02. The topological polar surface area (TPSA) is 35.2 Å². The van der Waals surface area contributed by atoms with Crippen LogP contribution in [0.5, 0.6) is 0 Å². The number of methoxy groups -OCH3 is 1. The number of hydrogen-bond acceptors (Lipinski definition) is 2. The summed E-state index contributed by atoms with van der Waals surface area (Å²) in [5, 5.41) is 0. The Labute approximate surface area is 104 Å². The standard InChI is InChI=1S/C15H23NO/c1-12(17-2)4-5-13-6-8-14(9-7-13)15(16)10-3-11-15/h6-9,12H,3-5,10-11,16H2,1-2H3. The summed E-state index contributed by atoms with van der Waals surface area (Å²) in [5.41, 5.74) is 8.94. The van der Waals surface area contributed by atoms with Crippen molar-refractivity contribution in [3.05, 3.63) is 35.4 Å². The molecule has 0 aromatic heterocycles. The van der Waals surface area contributed by atoms with Gasteiger partial charge in [0.2, 0.25) is 0 Å². The van der Waals surface area contributed by atoms with Gasteiger partial charge in [0.1, 0.15) is 0 Å². The van der Waals surface area contributed by atoms with Crippen LogP contribution in [0.25, 0.3) is 0 Å². The molecular formula is C15H23NO. The molecular weight excluding hydrogens is 210 g/mol. The van der Waals surface area contributed by atoms with E-state index in [0.717, 1.165) is 25.7 Å². The molecule has 1 fully saturated rings. The molecule has 94 valence electrons. The van der Waals surface area contributed by atoms with Crippen LogP contribution < -0.4 is 5.73 Å². The van der Waals surface area contributed by atoms with Gasteiger partial charge in [0.05, 0.1) is 6.10 Å². The fraction of sp³-hybridized carbons (Fsp3) is 0.600. The summed E-state index contributed by atoms with van der Waals surface area (Å²) >= 11 is 0. The Morgan fingerprint density at radius 3 is 2.41 bits per heavy atom. The summed E-state index contributed by atoms with van der Waals surface area (Å²) in [7, 11) is 1.77. The number of aryl methyl sites for hydroxylation is 1. The van der Waals surface area contributed by atoms with Gasteiger partial charge in [-0.25, -0.2) is 0 Å². The molecule has 1 aliphatic carbocycles. The van der Waals surface area contributed by atoms with Crippen LogP contribution in [0.15, 0.2) is 24.3 Å². The lowest BCUT2D eigenvalue weighted by Crippen LogP contribution is -2.43. The minimum atomic E-state index is -0.0294. The van der Waals surface area contributed by atoms with Crippen LogP contribution in [0, 0.1) is 0 Å². The molecule has 0 radical (unpaired) electrons. The van der Waals surface area contributed by atoms with Crippen molar-refractivity contribution < 1.29 is 4.74 Å². The van der Waals surface area contributed by atoms with E-state index < -0.39 is 0 Å². The fourth-order valence-corrected chi connectivity index (χ4v) is 2.34. The van der Waals surface area contributed by atoms with E-state index in [2.05, 4.69) is 31.2 Å². The van der Waals surface area contributed by atoms with Gasteiger partial charge in [0.25, 0.3) is 0 Å². The summed E-state index contributed by atoms with van der Waals surface area (Å²) in [6.45, 7) is 2.11. The quantitative estimate of drug-likeness (QED) is 0.848. The van der Waals surface area contributed by atoms with Crippen molar-refractivity contribution >= 4 is 0 Å². The molecule has 2 N–H and O–H groups in total. The van der Waals surface area contributed by atoms with Crippen LogP contribution in [0.1, 0.15) is 43.7 Å². The predicted octanol–water partition coefficient (Wildman–Crippen LogP) is 2.99. The first-order valence-corrected chi connectivity index (χ1v) is 6.55. The van der Waals surface area contributed by atoms with Crippen LogP contribution in [-0.2, 0) is 16.7 Å². The molecule has 0 bridgehead atoms. The minimum Gasteiger partial charge on any atom is -0.382 e. The molecule has 0 aliphatic heterocycles. The average Bonchev–Trinajstić information content (AvgIpc) is 2.33. The number of rotatable bonds is 5. The zero-order valence-electron chi connectivity index (χ0n) is 10.9. The van der Waals surface area contributed by atoms with Gasteiger partial charge in [-0.3, -0.25) is 0 Å². The van der Waals surface area contributed by atoms with Gasteiger partial charge in [0.15, 0.2) is 0 Å². The minimum absolute atomic E-state index is 0.0294. The maximum Gasteiger partial charge on any atom is 0.0546 e. The molecule has 0 amide bonds. The number of benzene rings is 1. The molecule has 1 aromatic rings. The van der Waals surface area contributed by atoms with E-state index in [1.54, 1.807) is 7.11 Å². The summed E-state index contributed by atoms with van der Waals surface area (Å²) in [6, 6.07) is 8.83. The highest BCUT2D eigenvalue weighted by Gasteiger charge is 2.33. The maximum atomic E-state index is 6.30. The molecule has 2 rings (SSSR count). The third-order valence-electron chi connectivity index (χ3n) is 4.02. The van der Waals surface area contributed by atoms with E-state index in [9.17, 15) is 0 Å². The monoisotopic (exact) mass is 233 g/mol. The highest BCUT2D eigenvalue weighted by atomic mass is 16.5. The zero-order valence-corrected chi connectivity index (χ0v) is 10.9. The van der Waals surface area contributed by atoms with Gasteiger partial charge in [-0.15, -0.1) is 0 Å². The molecule has 2 heteroatoms. The molecule has 1 unspecified atom stereocenters. The second-order valence-electron chi connectivity index (χ2n) is 5.29. The third-order valence-corrected chi connectivity index (χ3v) is 4.02. The zero-order chi connectivity index (χ0) is 12.3. The van der Waals surface area contributed by atoms with Gasteiger partial charge in [-0.2, -0.15) is 0 Å². The van der Waals surface area contributed by atoms with Gasteiger partial charge in [-0.1, -0.05) is 24.3 Å². The smallest absolute Gasteiger partial charge is 0.0546 e. The largest absolute Gasteiger partial charge is 0.382 e. The summed E-state index contributed by atoms with van der Waals surface area (Å²) < 4.78 is 5.26. The highest BCUT2D eigenvalue weighted by Crippen LogP contribution is 2.38. The number of ether oxygens (including phenoxy) is 1. The molecule has 0 heterocycles. The predicted molar refractivity (Wildman–Crippen MR) is 71.0 cm³/mol. The summed E-state index contributed by atoms with van der Waals surface area (Å²) in [5.74, 6) is 0. The lowest BCUT2D eigenvalue weighted by Gasteiger charge is -2.38. The number of nitrogens with two attached hydrogens (primary N) is 1. The first kappa shape index (κ1) is 12.6. The van der Waals surface area contributed by atoms with Crippen molar-refractivity contribution in [3.63, 3.8) is 0 Å². The fourth-order valence-electron chi connectivity index (χ4n) is 2.34. The first-order valence-electron chi connectivity index (χ1n) is 6.55. The van der Waals surface area contributed by atoms with Gasteiger partial charge >= 0.3 is 0 Å². The Kier molecular flexibility index (Phi) is 3.85. The van der Waals surface area contributed by atoms with Crippen LogP contribution in [0.4, 0.5) is 0 Å². The molecule has 0 spiro atoms. The van der Waals surface area contributed by atoms with E-state index in [1.807, 2.05) is 0 Å². The highest BCUT2D eigenvalue weighted by molar-refractivity contribution is 5.30. The van der Waals surface area contributed by atoms with E-state index >= 15 is 0 Å². The third kappa shape index (κ3) is 2.88. The van der Waals surface area contributed by atoms with E-state index in [-0.39, 0.29) is 5.54 Å². The number of hydrogen-bond donors (Lipinski definition) is 1. The summed E-state index contributed by atoms with van der Waals surface area (Å²) in [4.78, 5) is 0. The van der Waals surface area contributed by atoms with Crippen LogP contribution in [0.3, 0.4) is 0 Å². The SMILES string of the molecule is COC(C)CCc1ccc(C2(N)CCC2)cc1. The molecule has 0 saturated heterocycles. The van der Waals surface area contributed by atoms with Crippen molar-refractivity contribution in [2.45, 2.75) is 50.7 Å². The maximum absolute atomic E-state index is 6.30. The van der Waals surface area contributed by atoms with Crippen LogP contribution in [0.2, 0.25) is 0 Å². The average molecular weight is 233 g/mol. The van der Waals surface area contributed by atoms with E-state index in [0.29, 0.717) is 6.10 Å². The van der Waals surface area contributed by atoms with Crippen molar-refractivity contribution in [2.24, 2.45) is 5.73 Å². The van der Waals surface area contributed by atoms with Gasteiger partial charge in [0, 0.05) is 12.6 Å². The Hall–Kier alpha value is -0.860. The van der Waals surface area contributed by atoms with Crippen LogP contribution in [-0.4, -0.2) is 13.2 Å². The Balaban J connectivity index is 1.94. The Bertz CT molecular complexity index is 354. The molecule has 1 aromatic carbocycles. The van der Waals surface area contributed by atoms with E-state index in [4.69, 9.17) is 10.5 Å². The second-order valence-corrected chi connectivity index (χ2v) is 5.29. The normalized spacial score (nSPS) is 19.7. The van der Waals surface area contributed by atoms with Gasteiger partial charge < -0.3 is 10.5 Å². The van der Waals surface area contributed by atoms with Crippen molar-refractivity contribution in [1.29, 1.82) is 0 Å². The molecule has 1 atom stereocenters.